The van der Waals surface area contributed by atoms with Gasteiger partial charge in [0.05, 0.1) is 6.54 Å². The summed E-state index contributed by atoms with van der Waals surface area (Å²) in [5.74, 6) is 0.376. The molecule has 0 aliphatic heterocycles. The molecule has 0 spiro atoms. The second kappa shape index (κ2) is 7.75. The molecule has 0 bridgehead atoms. The predicted molar refractivity (Wildman–Crippen MR) is 91.9 cm³/mol. The Hall–Kier alpha value is -2.14. The highest BCUT2D eigenvalue weighted by atomic mass is 32.1. The Labute approximate surface area is 135 Å². The van der Waals surface area contributed by atoms with Crippen molar-refractivity contribution < 1.29 is 9.13 Å². The van der Waals surface area contributed by atoms with Crippen LogP contribution < -0.4 is 10.1 Å². The van der Waals surface area contributed by atoms with Crippen LogP contribution in [0, 0.1) is 12.7 Å². The van der Waals surface area contributed by atoms with Gasteiger partial charge in [0.15, 0.2) is 5.11 Å². The number of rotatable bonds is 5. The van der Waals surface area contributed by atoms with Gasteiger partial charge in [-0.3, -0.25) is 0 Å². The molecule has 0 unspecified atom stereocenters. The second-order valence-corrected chi connectivity index (χ2v) is 5.36. The largest absolute Gasteiger partial charge is 0.492 e. The zero-order valence-electron chi connectivity index (χ0n) is 12.7. The minimum atomic E-state index is -0.270. The van der Waals surface area contributed by atoms with Gasteiger partial charge in [-0.1, -0.05) is 18.2 Å². The highest BCUT2D eigenvalue weighted by molar-refractivity contribution is 7.80. The molecular formula is C17H19FN2OS. The molecule has 116 valence electrons. The lowest BCUT2D eigenvalue weighted by Gasteiger charge is -2.21. The first-order valence-electron chi connectivity index (χ1n) is 7.02. The maximum absolute atomic E-state index is 12.8. The summed E-state index contributed by atoms with van der Waals surface area (Å²) in [4.78, 5) is 1.91. The quantitative estimate of drug-likeness (QED) is 0.847. The SMILES string of the molecule is Cc1ccccc1NC(=S)N(C)CCOc1ccc(F)cc1. The molecule has 0 aliphatic carbocycles. The smallest absolute Gasteiger partial charge is 0.173 e. The Balaban J connectivity index is 1.79. The number of aryl methyl sites for hydroxylation is 1. The number of hydrogen-bond acceptors (Lipinski definition) is 2. The third-order valence-electron chi connectivity index (χ3n) is 3.24. The summed E-state index contributed by atoms with van der Waals surface area (Å²) in [7, 11) is 1.90. The van der Waals surface area contributed by atoms with Crippen LogP contribution in [0.1, 0.15) is 5.56 Å². The van der Waals surface area contributed by atoms with Crippen LogP contribution in [0.2, 0.25) is 0 Å². The van der Waals surface area contributed by atoms with E-state index in [1.807, 2.05) is 43.1 Å². The number of nitrogens with one attached hydrogen (secondary N) is 1. The highest BCUT2D eigenvalue weighted by Crippen LogP contribution is 2.14. The third kappa shape index (κ3) is 4.70. The molecule has 0 aliphatic rings. The molecule has 22 heavy (non-hydrogen) atoms. The number of halogens is 1. The third-order valence-corrected chi connectivity index (χ3v) is 3.66. The van der Waals surface area contributed by atoms with Crippen molar-refractivity contribution in [3.05, 3.63) is 59.9 Å². The molecule has 2 rings (SSSR count). The molecule has 2 aromatic rings. The minimum Gasteiger partial charge on any atom is -0.492 e. The average Bonchev–Trinajstić information content (AvgIpc) is 2.51. The Morgan fingerprint density at radius 2 is 1.86 bits per heavy atom. The van der Waals surface area contributed by atoms with Crippen LogP contribution in [0.15, 0.2) is 48.5 Å². The first-order chi connectivity index (χ1) is 10.6. The van der Waals surface area contributed by atoms with Crippen LogP contribution >= 0.6 is 12.2 Å². The van der Waals surface area contributed by atoms with Gasteiger partial charge in [0.2, 0.25) is 0 Å². The second-order valence-electron chi connectivity index (χ2n) is 4.97. The molecule has 0 atom stereocenters. The zero-order valence-corrected chi connectivity index (χ0v) is 13.5. The van der Waals surface area contributed by atoms with E-state index in [1.165, 1.54) is 12.1 Å². The van der Waals surface area contributed by atoms with E-state index in [9.17, 15) is 4.39 Å². The van der Waals surface area contributed by atoms with Crippen molar-refractivity contribution in [2.75, 3.05) is 25.5 Å². The number of para-hydroxylation sites is 1. The van der Waals surface area contributed by atoms with Crippen molar-refractivity contribution >= 4 is 23.0 Å². The summed E-state index contributed by atoms with van der Waals surface area (Å²) >= 11 is 5.38. The Morgan fingerprint density at radius 3 is 2.55 bits per heavy atom. The van der Waals surface area contributed by atoms with Gasteiger partial charge in [-0.05, 0) is 55.0 Å². The topological polar surface area (TPSA) is 24.5 Å². The fourth-order valence-electron chi connectivity index (χ4n) is 1.86. The number of nitrogens with zero attached hydrogens (tertiary/aromatic N) is 1. The minimum absolute atomic E-state index is 0.270. The molecule has 5 heteroatoms. The summed E-state index contributed by atoms with van der Waals surface area (Å²) in [6.07, 6.45) is 0. The number of benzene rings is 2. The lowest BCUT2D eigenvalue weighted by atomic mass is 10.2. The number of thiocarbonyl (C=S) groups is 1. The molecule has 0 fully saturated rings. The van der Waals surface area contributed by atoms with E-state index in [0.29, 0.717) is 24.0 Å². The number of hydrogen-bond donors (Lipinski definition) is 1. The van der Waals surface area contributed by atoms with Crippen LogP contribution in [0.25, 0.3) is 0 Å². The van der Waals surface area contributed by atoms with Gasteiger partial charge in [-0.15, -0.1) is 0 Å². The van der Waals surface area contributed by atoms with Gasteiger partial charge in [0, 0.05) is 12.7 Å². The normalized spacial score (nSPS) is 10.1. The van der Waals surface area contributed by atoms with E-state index in [2.05, 4.69) is 5.32 Å². The molecule has 0 radical (unpaired) electrons. The summed E-state index contributed by atoms with van der Waals surface area (Å²) in [6, 6.07) is 14.0. The molecule has 0 saturated heterocycles. The summed E-state index contributed by atoms with van der Waals surface area (Å²) in [5.41, 5.74) is 2.14. The maximum Gasteiger partial charge on any atom is 0.173 e. The molecule has 0 heterocycles. The van der Waals surface area contributed by atoms with Crippen molar-refractivity contribution in [1.29, 1.82) is 0 Å². The number of anilines is 1. The zero-order chi connectivity index (χ0) is 15.9. The first kappa shape index (κ1) is 16.2. The lowest BCUT2D eigenvalue weighted by Crippen LogP contribution is -2.34. The van der Waals surface area contributed by atoms with Crippen LogP contribution in [0.5, 0.6) is 5.75 Å². The Kier molecular flexibility index (Phi) is 5.72. The van der Waals surface area contributed by atoms with Gasteiger partial charge in [0.25, 0.3) is 0 Å². The molecular weight excluding hydrogens is 299 g/mol. The summed E-state index contributed by atoms with van der Waals surface area (Å²) in [6.45, 7) is 3.13. The molecule has 3 nitrogen and oxygen atoms in total. The van der Waals surface area contributed by atoms with Crippen LogP contribution in [0.3, 0.4) is 0 Å². The molecule has 1 N–H and O–H groups in total. The van der Waals surface area contributed by atoms with E-state index in [-0.39, 0.29) is 5.82 Å². The van der Waals surface area contributed by atoms with E-state index in [0.717, 1.165) is 11.3 Å². The van der Waals surface area contributed by atoms with Gasteiger partial charge in [0.1, 0.15) is 18.2 Å². The summed E-state index contributed by atoms with van der Waals surface area (Å²) < 4.78 is 18.4. The van der Waals surface area contributed by atoms with E-state index in [4.69, 9.17) is 17.0 Å². The van der Waals surface area contributed by atoms with Crippen molar-refractivity contribution in [3.8, 4) is 5.75 Å². The van der Waals surface area contributed by atoms with Crippen LogP contribution in [-0.2, 0) is 0 Å². The predicted octanol–water partition coefficient (Wildman–Crippen LogP) is 3.84. The van der Waals surface area contributed by atoms with Crippen molar-refractivity contribution in [2.24, 2.45) is 0 Å². The fraction of sp³-hybridized carbons (Fsp3) is 0.235. The fourth-order valence-corrected chi connectivity index (χ4v) is 2.06. The van der Waals surface area contributed by atoms with E-state index in [1.54, 1.807) is 12.1 Å². The average molecular weight is 318 g/mol. The van der Waals surface area contributed by atoms with Crippen LogP contribution in [-0.4, -0.2) is 30.2 Å². The Morgan fingerprint density at radius 1 is 1.18 bits per heavy atom. The maximum atomic E-state index is 12.8. The number of likely N-dealkylation sites (N-methyl/N-ethyl adjacent to an activating group) is 1. The van der Waals surface area contributed by atoms with Crippen molar-refractivity contribution in [2.45, 2.75) is 6.92 Å². The standard InChI is InChI=1S/C17H19FN2OS/c1-13-5-3-4-6-16(13)19-17(22)20(2)11-12-21-15-9-7-14(18)8-10-15/h3-10H,11-12H2,1-2H3,(H,19,22). The lowest BCUT2D eigenvalue weighted by molar-refractivity contribution is 0.285. The molecule has 0 saturated carbocycles. The molecule has 2 aromatic carbocycles. The van der Waals surface area contributed by atoms with Gasteiger partial charge in [-0.2, -0.15) is 0 Å². The van der Waals surface area contributed by atoms with E-state index >= 15 is 0 Å². The molecule has 0 amide bonds. The monoisotopic (exact) mass is 318 g/mol. The number of ether oxygens (including phenoxy) is 1. The summed E-state index contributed by atoms with van der Waals surface area (Å²) in [5, 5.41) is 3.85. The molecule has 0 aromatic heterocycles. The van der Waals surface area contributed by atoms with E-state index < -0.39 is 0 Å². The van der Waals surface area contributed by atoms with Crippen molar-refractivity contribution in [3.63, 3.8) is 0 Å². The van der Waals surface area contributed by atoms with Gasteiger partial charge in [-0.25, -0.2) is 4.39 Å². The van der Waals surface area contributed by atoms with Crippen LogP contribution in [0.4, 0.5) is 10.1 Å². The van der Waals surface area contributed by atoms with Gasteiger partial charge >= 0.3 is 0 Å². The van der Waals surface area contributed by atoms with Crippen molar-refractivity contribution in [1.82, 2.24) is 4.90 Å². The highest BCUT2D eigenvalue weighted by Gasteiger charge is 2.06. The first-order valence-corrected chi connectivity index (χ1v) is 7.43. The Bertz CT molecular complexity index is 631. The van der Waals surface area contributed by atoms with Gasteiger partial charge < -0.3 is 15.0 Å².